The van der Waals surface area contributed by atoms with Crippen molar-refractivity contribution in [3.8, 4) is 5.88 Å². The van der Waals surface area contributed by atoms with Crippen molar-refractivity contribution in [3.63, 3.8) is 0 Å². The molecular formula is C15H14N2O3. The van der Waals surface area contributed by atoms with Crippen LogP contribution in [0.1, 0.15) is 23.1 Å². The number of hydrogen-bond acceptors (Lipinski definition) is 5. The highest BCUT2D eigenvalue weighted by molar-refractivity contribution is 5.78. The maximum atomic E-state index is 10.3. The minimum atomic E-state index is -0.943. The molecule has 1 unspecified atom stereocenters. The van der Waals surface area contributed by atoms with Gasteiger partial charge in [-0.3, -0.25) is 0 Å². The highest BCUT2D eigenvalue weighted by Crippen LogP contribution is 2.28. The number of benzene rings is 1. The lowest BCUT2D eigenvalue weighted by atomic mass is 10.1. The third-order valence-electron chi connectivity index (χ3n) is 3.11. The van der Waals surface area contributed by atoms with E-state index >= 15 is 0 Å². The number of methoxy groups -OCH3 is 1. The van der Waals surface area contributed by atoms with Gasteiger partial charge in [-0.15, -0.1) is 10.2 Å². The van der Waals surface area contributed by atoms with Crippen LogP contribution in [-0.2, 0) is 0 Å². The molecule has 0 amide bonds. The number of hydrogen-bond donors (Lipinski definition) is 1. The number of rotatable bonds is 3. The molecule has 5 heteroatoms. The van der Waals surface area contributed by atoms with Gasteiger partial charge in [0.1, 0.15) is 11.3 Å². The Hall–Kier alpha value is -2.40. The molecule has 0 bridgehead atoms. The number of aliphatic hydroxyl groups excluding tert-OH is 1. The van der Waals surface area contributed by atoms with E-state index in [9.17, 15) is 5.11 Å². The fourth-order valence-electron chi connectivity index (χ4n) is 2.05. The van der Waals surface area contributed by atoms with E-state index < -0.39 is 6.10 Å². The molecule has 0 spiro atoms. The van der Waals surface area contributed by atoms with Crippen molar-refractivity contribution in [1.82, 2.24) is 10.2 Å². The van der Waals surface area contributed by atoms with Crippen LogP contribution in [0.2, 0.25) is 0 Å². The molecule has 0 radical (unpaired) electrons. The van der Waals surface area contributed by atoms with E-state index in [0.717, 1.165) is 16.5 Å². The van der Waals surface area contributed by atoms with Crippen molar-refractivity contribution in [3.05, 3.63) is 53.4 Å². The van der Waals surface area contributed by atoms with E-state index in [1.807, 2.05) is 31.2 Å². The van der Waals surface area contributed by atoms with Gasteiger partial charge in [0.05, 0.1) is 12.8 Å². The number of aromatic nitrogens is 2. The number of furan rings is 1. The number of aliphatic hydroxyl groups is 1. The molecule has 0 saturated heterocycles. The molecule has 1 atom stereocenters. The predicted octanol–water partition coefficient (Wildman–Crippen LogP) is 2.62. The maximum Gasteiger partial charge on any atom is 0.233 e. The van der Waals surface area contributed by atoms with Crippen LogP contribution in [0.25, 0.3) is 11.0 Å². The maximum absolute atomic E-state index is 10.3. The highest BCUT2D eigenvalue weighted by Gasteiger charge is 2.17. The van der Waals surface area contributed by atoms with Crippen LogP contribution in [0.4, 0.5) is 0 Å². The molecule has 2 heterocycles. The lowest BCUT2D eigenvalue weighted by Crippen LogP contribution is -2.03. The van der Waals surface area contributed by atoms with Gasteiger partial charge in [0, 0.05) is 11.5 Å². The summed E-state index contributed by atoms with van der Waals surface area (Å²) in [5, 5.41) is 19.0. The molecule has 102 valence electrons. The van der Waals surface area contributed by atoms with Crippen molar-refractivity contribution in [1.29, 1.82) is 0 Å². The van der Waals surface area contributed by atoms with Crippen LogP contribution in [0.3, 0.4) is 0 Å². The first kappa shape index (κ1) is 12.6. The number of nitrogens with zero attached hydrogens (tertiary/aromatic N) is 2. The van der Waals surface area contributed by atoms with Crippen molar-refractivity contribution in [2.75, 3.05) is 7.11 Å². The Labute approximate surface area is 115 Å². The third-order valence-corrected chi connectivity index (χ3v) is 3.11. The van der Waals surface area contributed by atoms with Crippen LogP contribution in [0, 0.1) is 6.92 Å². The molecule has 5 nitrogen and oxygen atoms in total. The van der Waals surface area contributed by atoms with Gasteiger partial charge in [-0.05, 0) is 31.2 Å². The smallest absolute Gasteiger partial charge is 0.233 e. The minimum absolute atomic E-state index is 0.404. The van der Waals surface area contributed by atoms with Crippen LogP contribution in [-0.4, -0.2) is 22.4 Å². The van der Waals surface area contributed by atoms with E-state index in [-0.39, 0.29) is 0 Å². The first-order valence-electron chi connectivity index (χ1n) is 6.23. The monoisotopic (exact) mass is 270 g/mol. The highest BCUT2D eigenvalue weighted by atomic mass is 16.5. The van der Waals surface area contributed by atoms with Gasteiger partial charge in [-0.25, -0.2) is 0 Å². The van der Waals surface area contributed by atoms with Gasteiger partial charge in [0.25, 0.3) is 0 Å². The van der Waals surface area contributed by atoms with Crippen molar-refractivity contribution in [2.45, 2.75) is 13.0 Å². The molecule has 1 aromatic carbocycles. The zero-order valence-electron chi connectivity index (χ0n) is 11.2. The fraction of sp³-hybridized carbons (Fsp3) is 0.200. The molecule has 0 aliphatic heterocycles. The van der Waals surface area contributed by atoms with Crippen molar-refractivity contribution < 1.29 is 14.3 Å². The van der Waals surface area contributed by atoms with Gasteiger partial charge in [-0.1, -0.05) is 11.6 Å². The summed E-state index contributed by atoms with van der Waals surface area (Å²) in [6, 6.07) is 11.0. The largest absolute Gasteiger partial charge is 0.480 e. The molecule has 1 N–H and O–H groups in total. The Morgan fingerprint density at radius 2 is 2.00 bits per heavy atom. The summed E-state index contributed by atoms with van der Waals surface area (Å²) in [4.78, 5) is 0. The van der Waals surface area contributed by atoms with E-state index in [1.54, 1.807) is 12.1 Å². The third kappa shape index (κ3) is 2.23. The second-order valence-corrected chi connectivity index (χ2v) is 4.59. The Morgan fingerprint density at radius 1 is 1.15 bits per heavy atom. The normalized spacial score (nSPS) is 12.6. The number of aryl methyl sites for hydroxylation is 1. The van der Waals surface area contributed by atoms with E-state index in [0.29, 0.717) is 17.3 Å². The molecule has 2 aromatic heterocycles. The Bertz CT molecular complexity index is 734. The van der Waals surface area contributed by atoms with Crippen molar-refractivity contribution in [2.24, 2.45) is 0 Å². The zero-order valence-corrected chi connectivity index (χ0v) is 11.2. The van der Waals surface area contributed by atoms with Gasteiger partial charge in [-0.2, -0.15) is 0 Å². The summed E-state index contributed by atoms with van der Waals surface area (Å²) in [7, 11) is 1.52. The average molecular weight is 270 g/mol. The topological polar surface area (TPSA) is 68.4 Å². The minimum Gasteiger partial charge on any atom is -0.480 e. The Balaban J connectivity index is 1.96. The summed E-state index contributed by atoms with van der Waals surface area (Å²) < 4.78 is 10.6. The Kier molecular flexibility index (Phi) is 3.12. The summed E-state index contributed by atoms with van der Waals surface area (Å²) in [6.07, 6.45) is -0.943. The van der Waals surface area contributed by atoms with Gasteiger partial charge >= 0.3 is 0 Å². The lowest BCUT2D eigenvalue weighted by molar-refractivity contribution is 0.186. The average Bonchev–Trinajstić information content (AvgIpc) is 2.89. The van der Waals surface area contributed by atoms with E-state index in [2.05, 4.69) is 10.2 Å². The van der Waals surface area contributed by atoms with Crippen LogP contribution in [0.15, 0.2) is 40.8 Å². The SMILES string of the molecule is COc1ccc(C(O)c2cc3cc(C)ccc3o2)nn1. The second kappa shape index (κ2) is 4.94. The predicted molar refractivity (Wildman–Crippen MR) is 73.6 cm³/mol. The molecule has 3 aromatic rings. The van der Waals surface area contributed by atoms with E-state index in [1.165, 1.54) is 7.11 Å². The van der Waals surface area contributed by atoms with Crippen LogP contribution >= 0.6 is 0 Å². The first-order valence-corrected chi connectivity index (χ1v) is 6.23. The second-order valence-electron chi connectivity index (χ2n) is 4.59. The van der Waals surface area contributed by atoms with Crippen LogP contribution in [0.5, 0.6) is 5.88 Å². The molecule has 3 rings (SSSR count). The summed E-state index contributed by atoms with van der Waals surface area (Å²) in [5.74, 6) is 0.853. The number of ether oxygens (including phenoxy) is 1. The standard InChI is InChI=1S/C15H14N2O3/c1-9-3-5-12-10(7-9)8-13(20-12)15(18)11-4-6-14(19-2)17-16-11/h3-8,15,18H,1-2H3. The van der Waals surface area contributed by atoms with Gasteiger partial charge in [0.2, 0.25) is 5.88 Å². The summed E-state index contributed by atoms with van der Waals surface area (Å²) >= 11 is 0. The molecule has 0 fully saturated rings. The van der Waals surface area contributed by atoms with E-state index in [4.69, 9.17) is 9.15 Å². The zero-order chi connectivity index (χ0) is 14.1. The molecule has 0 aliphatic carbocycles. The quantitative estimate of drug-likeness (QED) is 0.792. The van der Waals surface area contributed by atoms with Crippen LogP contribution < -0.4 is 4.74 Å². The first-order chi connectivity index (χ1) is 9.67. The molecule has 0 aliphatic rings. The van der Waals surface area contributed by atoms with Crippen molar-refractivity contribution >= 4 is 11.0 Å². The molecular weight excluding hydrogens is 256 g/mol. The lowest BCUT2D eigenvalue weighted by Gasteiger charge is -2.06. The Morgan fingerprint density at radius 3 is 2.70 bits per heavy atom. The fourth-order valence-corrected chi connectivity index (χ4v) is 2.05. The van der Waals surface area contributed by atoms with Gasteiger partial charge < -0.3 is 14.3 Å². The molecule has 0 saturated carbocycles. The summed E-state index contributed by atoms with van der Waals surface area (Å²) in [6.45, 7) is 2.01. The summed E-state index contributed by atoms with van der Waals surface area (Å²) in [5.41, 5.74) is 2.30. The van der Waals surface area contributed by atoms with Gasteiger partial charge in [0.15, 0.2) is 6.10 Å². The molecule has 20 heavy (non-hydrogen) atoms. The number of fused-ring (bicyclic) bond motifs is 1.